The second-order valence-electron chi connectivity index (χ2n) is 6.00. The molecule has 2 heterocycles. The number of hydrogen-bond acceptors (Lipinski definition) is 6. The van der Waals surface area contributed by atoms with Crippen LogP contribution >= 0.6 is 0 Å². The maximum Gasteiger partial charge on any atom is 0.276 e. The van der Waals surface area contributed by atoms with E-state index in [0.29, 0.717) is 5.69 Å². The number of amides is 2. The number of carbonyl (C=O) groups excluding carboxylic acids is 2. The standard InChI is InChI=1S/C18H20N6O3/c1-12-17(18(26)23(8-9-27-2)11-16(19)25)21-22-24(12)14-5-6-15-13(10-14)4-3-7-20-15/h3-7,10H,8-9,11H2,1-2H3,(H2,19,25). The number of hydrogen-bond donors (Lipinski definition) is 1. The minimum Gasteiger partial charge on any atom is -0.383 e. The SMILES string of the molecule is COCCN(CC(N)=O)C(=O)c1nnn(-c2ccc3ncccc3c2)c1C. The summed E-state index contributed by atoms with van der Waals surface area (Å²) < 4.78 is 6.57. The Labute approximate surface area is 155 Å². The Morgan fingerprint density at radius 1 is 1.30 bits per heavy atom. The zero-order chi connectivity index (χ0) is 19.4. The van der Waals surface area contributed by atoms with E-state index in [1.807, 2.05) is 30.3 Å². The molecule has 0 bridgehead atoms. The number of rotatable bonds is 7. The Morgan fingerprint density at radius 2 is 2.11 bits per heavy atom. The molecule has 9 heteroatoms. The normalized spacial score (nSPS) is 10.9. The molecule has 0 radical (unpaired) electrons. The first-order valence-corrected chi connectivity index (χ1v) is 8.35. The average Bonchev–Trinajstić information content (AvgIpc) is 3.05. The summed E-state index contributed by atoms with van der Waals surface area (Å²) in [6.07, 6.45) is 1.73. The summed E-state index contributed by atoms with van der Waals surface area (Å²) in [4.78, 5) is 29.7. The van der Waals surface area contributed by atoms with Gasteiger partial charge in [0.1, 0.15) is 0 Å². The summed E-state index contributed by atoms with van der Waals surface area (Å²) in [5.74, 6) is -1.02. The summed E-state index contributed by atoms with van der Waals surface area (Å²) >= 11 is 0. The molecular formula is C18H20N6O3. The van der Waals surface area contributed by atoms with Crippen molar-refractivity contribution in [3.8, 4) is 5.69 Å². The van der Waals surface area contributed by atoms with E-state index in [-0.39, 0.29) is 25.4 Å². The van der Waals surface area contributed by atoms with Gasteiger partial charge in [0, 0.05) is 25.2 Å². The topological polar surface area (TPSA) is 116 Å². The molecule has 0 spiro atoms. The summed E-state index contributed by atoms with van der Waals surface area (Å²) in [6.45, 7) is 2.05. The lowest BCUT2D eigenvalue weighted by atomic mass is 10.2. The zero-order valence-electron chi connectivity index (χ0n) is 15.1. The van der Waals surface area contributed by atoms with Crippen molar-refractivity contribution in [1.82, 2.24) is 24.9 Å². The van der Waals surface area contributed by atoms with Gasteiger partial charge in [0.2, 0.25) is 5.91 Å². The average molecular weight is 368 g/mol. The van der Waals surface area contributed by atoms with Gasteiger partial charge in [-0.3, -0.25) is 14.6 Å². The highest BCUT2D eigenvalue weighted by molar-refractivity contribution is 5.95. The smallest absolute Gasteiger partial charge is 0.276 e. The molecule has 9 nitrogen and oxygen atoms in total. The molecule has 27 heavy (non-hydrogen) atoms. The highest BCUT2D eigenvalue weighted by Gasteiger charge is 2.24. The number of methoxy groups -OCH3 is 1. The molecule has 0 fully saturated rings. The monoisotopic (exact) mass is 368 g/mol. The van der Waals surface area contributed by atoms with Crippen LogP contribution in [0.15, 0.2) is 36.5 Å². The van der Waals surface area contributed by atoms with Crippen LogP contribution in [0.4, 0.5) is 0 Å². The van der Waals surface area contributed by atoms with Crippen molar-refractivity contribution in [3.05, 3.63) is 47.9 Å². The number of fused-ring (bicyclic) bond motifs is 1. The van der Waals surface area contributed by atoms with Gasteiger partial charge in [-0.15, -0.1) is 5.10 Å². The quantitative estimate of drug-likeness (QED) is 0.656. The van der Waals surface area contributed by atoms with Gasteiger partial charge in [-0.25, -0.2) is 4.68 Å². The van der Waals surface area contributed by atoms with Crippen LogP contribution in [-0.2, 0) is 9.53 Å². The minimum atomic E-state index is -0.605. The Hall–Kier alpha value is -3.33. The number of pyridine rings is 1. The Bertz CT molecular complexity index is 984. The fraction of sp³-hybridized carbons (Fsp3) is 0.278. The van der Waals surface area contributed by atoms with Crippen LogP contribution in [0.1, 0.15) is 16.2 Å². The molecule has 0 aliphatic carbocycles. The third-order valence-corrected chi connectivity index (χ3v) is 4.13. The minimum absolute atomic E-state index is 0.165. The summed E-state index contributed by atoms with van der Waals surface area (Å²) in [7, 11) is 1.52. The molecular weight excluding hydrogens is 348 g/mol. The Balaban J connectivity index is 1.92. The molecule has 0 aliphatic heterocycles. The molecule has 2 N–H and O–H groups in total. The molecule has 3 aromatic rings. The second-order valence-corrected chi connectivity index (χ2v) is 6.00. The summed E-state index contributed by atoms with van der Waals surface area (Å²) in [6, 6.07) is 9.46. The van der Waals surface area contributed by atoms with Crippen molar-refractivity contribution in [3.63, 3.8) is 0 Å². The highest BCUT2D eigenvalue weighted by atomic mass is 16.5. The molecule has 2 amide bonds. The molecule has 1 aromatic carbocycles. The number of ether oxygens (including phenoxy) is 1. The molecule has 0 unspecified atom stereocenters. The van der Waals surface area contributed by atoms with Gasteiger partial charge in [-0.1, -0.05) is 11.3 Å². The van der Waals surface area contributed by atoms with Crippen LogP contribution in [0.2, 0.25) is 0 Å². The first kappa shape index (κ1) is 18.5. The molecule has 140 valence electrons. The van der Waals surface area contributed by atoms with Gasteiger partial charge in [-0.2, -0.15) is 0 Å². The maximum absolute atomic E-state index is 12.8. The zero-order valence-corrected chi connectivity index (χ0v) is 15.1. The molecule has 0 saturated carbocycles. The van der Waals surface area contributed by atoms with E-state index in [1.54, 1.807) is 17.8 Å². The van der Waals surface area contributed by atoms with E-state index in [0.717, 1.165) is 16.6 Å². The van der Waals surface area contributed by atoms with Crippen molar-refractivity contribution in [2.45, 2.75) is 6.92 Å². The van der Waals surface area contributed by atoms with Crippen LogP contribution in [0.3, 0.4) is 0 Å². The summed E-state index contributed by atoms with van der Waals surface area (Å²) in [5, 5.41) is 9.08. The van der Waals surface area contributed by atoms with E-state index in [1.165, 1.54) is 12.0 Å². The largest absolute Gasteiger partial charge is 0.383 e. The maximum atomic E-state index is 12.8. The van der Waals surface area contributed by atoms with Crippen molar-refractivity contribution < 1.29 is 14.3 Å². The number of primary amides is 1. The lowest BCUT2D eigenvalue weighted by molar-refractivity contribution is -0.118. The van der Waals surface area contributed by atoms with Gasteiger partial charge in [0.05, 0.1) is 30.0 Å². The van der Waals surface area contributed by atoms with Gasteiger partial charge in [0.25, 0.3) is 5.91 Å². The van der Waals surface area contributed by atoms with Crippen LogP contribution < -0.4 is 5.73 Å². The van der Waals surface area contributed by atoms with E-state index in [4.69, 9.17) is 10.5 Å². The third-order valence-electron chi connectivity index (χ3n) is 4.13. The fourth-order valence-corrected chi connectivity index (χ4v) is 2.76. The van der Waals surface area contributed by atoms with Gasteiger partial charge < -0.3 is 15.4 Å². The molecule has 0 aliphatic rings. The molecule has 0 atom stereocenters. The number of benzene rings is 1. The van der Waals surface area contributed by atoms with E-state index in [2.05, 4.69) is 15.3 Å². The predicted molar refractivity (Wildman–Crippen MR) is 98.4 cm³/mol. The van der Waals surface area contributed by atoms with Crippen molar-refractivity contribution in [1.29, 1.82) is 0 Å². The fourth-order valence-electron chi connectivity index (χ4n) is 2.76. The van der Waals surface area contributed by atoms with Crippen molar-refractivity contribution in [2.75, 3.05) is 26.8 Å². The van der Waals surface area contributed by atoms with Crippen LogP contribution in [-0.4, -0.2) is 63.5 Å². The number of aromatic nitrogens is 4. The van der Waals surface area contributed by atoms with Crippen molar-refractivity contribution >= 4 is 22.7 Å². The van der Waals surface area contributed by atoms with Crippen LogP contribution in [0, 0.1) is 6.92 Å². The van der Waals surface area contributed by atoms with Gasteiger partial charge in [0.15, 0.2) is 5.69 Å². The van der Waals surface area contributed by atoms with E-state index < -0.39 is 11.8 Å². The number of nitrogens with two attached hydrogens (primary N) is 1. The van der Waals surface area contributed by atoms with Gasteiger partial charge in [-0.05, 0) is 31.2 Å². The lowest BCUT2D eigenvalue weighted by Gasteiger charge is -2.19. The number of carbonyl (C=O) groups is 2. The first-order valence-electron chi connectivity index (χ1n) is 8.35. The Morgan fingerprint density at radius 3 is 2.85 bits per heavy atom. The van der Waals surface area contributed by atoms with Crippen LogP contribution in [0.5, 0.6) is 0 Å². The second kappa shape index (κ2) is 7.92. The molecule has 2 aromatic heterocycles. The third kappa shape index (κ3) is 3.93. The van der Waals surface area contributed by atoms with Crippen LogP contribution in [0.25, 0.3) is 16.6 Å². The van der Waals surface area contributed by atoms with Crippen molar-refractivity contribution in [2.24, 2.45) is 5.73 Å². The lowest BCUT2D eigenvalue weighted by Crippen LogP contribution is -2.40. The van der Waals surface area contributed by atoms with E-state index >= 15 is 0 Å². The Kier molecular flexibility index (Phi) is 5.41. The predicted octanol–water partition coefficient (Wildman–Crippen LogP) is 0.698. The molecule has 0 saturated heterocycles. The molecule has 3 rings (SSSR count). The first-order chi connectivity index (χ1) is 13.0. The van der Waals surface area contributed by atoms with Gasteiger partial charge >= 0.3 is 0 Å². The number of nitrogens with zero attached hydrogens (tertiary/aromatic N) is 5. The highest BCUT2D eigenvalue weighted by Crippen LogP contribution is 2.19. The van der Waals surface area contributed by atoms with E-state index in [9.17, 15) is 9.59 Å². The summed E-state index contributed by atoms with van der Waals surface area (Å²) in [5.41, 5.74) is 7.60.